The van der Waals surface area contributed by atoms with Crippen molar-refractivity contribution in [3.8, 4) is 11.3 Å². The fourth-order valence-electron chi connectivity index (χ4n) is 2.26. The van der Waals surface area contributed by atoms with Crippen molar-refractivity contribution in [3.63, 3.8) is 0 Å². The smallest absolute Gasteiger partial charge is 0.197 e. The molecule has 0 aliphatic carbocycles. The predicted octanol–water partition coefficient (Wildman–Crippen LogP) is 4.01. The van der Waals surface area contributed by atoms with Crippen LogP contribution < -0.4 is 11.3 Å². The third kappa shape index (κ3) is 2.80. The number of hydrogen-bond acceptors (Lipinski definition) is 4. The summed E-state index contributed by atoms with van der Waals surface area (Å²) in [6.45, 7) is 11.0. The Hall–Kier alpha value is -1.39. The van der Waals surface area contributed by atoms with E-state index in [1.165, 1.54) is 33.6 Å². The molecule has 2 aromatic rings. The van der Waals surface area contributed by atoms with Gasteiger partial charge in [-0.25, -0.2) is 10.8 Å². The number of hydrogen-bond donors (Lipinski definition) is 2. The zero-order chi connectivity index (χ0) is 14.2. The topological polar surface area (TPSA) is 50.9 Å². The molecule has 102 valence electrons. The van der Waals surface area contributed by atoms with Gasteiger partial charge in [-0.3, -0.25) is 5.43 Å². The van der Waals surface area contributed by atoms with E-state index >= 15 is 0 Å². The lowest BCUT2D eigenvalue weighted by Crippen LogP contribution is -2.12. The van der Waals surface area contributed by atoms with E-state index in [1.54, 1.807) is 0 Å². The normalized spacial score (nSPS) is 11.7. The predicted molar refractivity (Wildman–Crippen MR) is 83.5 cm³/mol. The molecule has 3 N–H and O–H groups in total. The van der Waals surface area contributed by atoms with Gasteiger partial charge < -0.3 is 0 Å². The van der Waals surface area contributed by atoms with Gasteiger partial charge in [-0.05, 0) is 36.0 Å². The Morgan fingerprint density at radius 3 is 2.16 bits per heavy atom. The highest BCUT2D eigenvalue weighted by atomic mass is 32.1. The molecular formula is C15H21N3S. The van der Waals surface area contributed by atoms with Crippen LogP contribution in [-0.2, 0) is 5.41 Å². The number of nitrogens with two attached hydrogens (primary N) is 1. The zero-order valence-electron chi connectivity index (χ0n) is 12.2. The summed E-state index contributed by atoms with van der Waals surface area (Å²) in [5.41, 5.74) is 8.86. The van der Waals surface area contributed by atoms with Crippen LogP contribution in [0.15, 0.2) is 17.5 Å². The maximum Gasteiger partial charge on any atom is 0.197 e. The first-order valence-electron chi connectivity index (χ1n) is 6.37. The molecule has 0 fully saturated rings. The van der Waals surface area contributed by atoms with Crippen molar-refractivity contribution in [1.29, 1.82) is 0 Å². The highest BCUT2D eigenvalue weighted by Gasteiger charge is 2.17. The number of nitrogen functional groups attached to an aromatic ring is 1. The fourth-order valence-corrected chi connectivity index (χ4v) is 2.87. The van der Waals surface area contributed by atoms with Gasteiger partial charge in [-0.1, -0.05) is 32.9 Å². The van der Waals surface area contributed by atoms with Crippen molar-refractivity contribution >= 4 is 16.5 Å². The average Bonchev–Trinajstić information content (AvgIpc) is 2.75. The first kappa shape index (κ1) is 14.0. The Morgan fingerprint density at radius 2 is 1.74 bits per heavy atom. The Morgan fingerprint density at radius 1 is 1.16 bits per heavy atom. The van der Waals surface area contributed by atoms with Crippen LogP contribution >= 0.6 is 11.3 Å². The highest BCUT2D eigenvalue weighted by molar-refractivity contribution is 7.14. The summed E-state index contributed by atoms with van der Waals surface area (Å²) >= 11 is 1.52. The third-order valence-corrected chi connectivity index (χ3v) is 4.06. The van der Waals surface area contributed by atoms with Crippen LogP contribution in [0, 0.1) is 13.8 Å². The molecule has 0 saturated carbocycles. The maximum absolute atomic E-state index is 5.40. The minimum absolute atomic E-state index is 0.167. The summed E-state index contributed by atoms with van der Waals surface area (Å²) in [5.74, 6) is 5.40. The molecule has 0 bridgehead atoms. The Labute approximate surface area is 118 Å². The van der Waals surface area contributed by atoms with Crippen molar-refractivity contribution in [1.82, 2.24) is 4.98 Å². The molecule has 0 aliphatic heterocycles. The standard InChI is InChI=1S/C15H21N3S/c1-9-6-11(15(3,4)5)7-10(2)13(9)12-8-19-14(17-12)18-16/h6-8H,16H2,1-5H3,(H,17,18). The van der Waals surface area contributed by atoms with Crippen LogP contribution in [0.3, 0.4) is 0 Å². The van der Waals surface area contributed by atoms with Crippen molar-refractivity contribution in [2.24, 2.45) is 5.84 Å². The second-order valence-electron chi connectivity index (χ2n) is 5.92. The van der Waals surface area contributed by atoms with E-state index in [2.05, 4.69) is 57.2 Å². The number of benzene rings is 1. The first-order valence-corrected chi connectivity index (χ1v) is 7.25. The highest BCUT2D eigenvalue weighted by Crippen LogP contribution is 2.33. The fraction of sp³-hybridized carbons (Fsp3) is 0.400. The van der Waals surface area contributed by atoms with Crippen LogP contribution in [0.1, 0.15) is 37.5 Å². The van der Waals surface area contributed by atoms with Crippen molar-refractivity contribution in [2.75, 3.05) is 5.43 Å². The molecule has 2 rings (SSSR count). The number of nitrogens with zero attached hydrogens (tertiary/aromatic N) is 1. The molecule has 4 heteroatoms. The van der Waals surface area contributed by atoms with E-state index in [0.29, 0.717) is 0 Å². The molecule has 0 amide bonds. The molecule has 0 radical (unpaired) electrons. The van der Waals surface area contributed by atoms with Gasteiger partial charge >= 0.3 is 0 Å². The molecule has 19 heavy (non-hydrogen) atoms. The number of aryl methyl sites for hydroxylation is 2. The molecule has 1 heterocycles. The summed E-state index contributed by atoms with van der Waals surface area (Å²) in [5, 5.41) is 2.79. The Kier molecular flexibility index (Phi) is 3.65. The largest absolute Gasteiger partial charge is 0.300 e. The van der Waals surface area contributed by atoms with Crippen LogP contribution in [0.25, 0.3) is 11.3 Å². The van der Waals surface area contributed by atoms with Gasteiger partial charge in [0.2, 0.25) is 0 Å². The summed E-state index contributed by atoms with van der Waals surface area (Å²) in [4.78, 5) is 4.49. The van der Waals surface area contributed by atoms with E-state index < -0.39 is 0 Å². The molecule has 0 saturated heterocycles. The first-order chi connectivity index (χ1) is 8.82. The van der Waals surface area contributed by atoms with Crippen LogP contribution in [0.5, 0.6) is 0 Å². The quantitative estimate of drug-likeness (QED) is 0.643. The number of nitrogens with one attached hydrogen (secondary N) is 1. The summed E-state index contributed by atoms with van der Waals surface area (Å²) < 4.78 is 0. The lowest BCUT2D eigenvalue weighted by molar-refractivity contribution is 0.589. The van der Waals surface area contributed by atoms with E-state index in [4.69, 9.17) is 5.84 Å². The molecule has 0 atom stereocenters. The second kappa shape index (κ2) is 4.94. The van der Waals surface area contributed by atoms with Crippen LogP contribution in [-0.4, -0.2) is 4.98 Å². The lowest BCUT2D eigenvalue weighted by atomic mass is 9.83. The van der Waals surface area contributed by atoms with Gasteiger partial charge in [-0.15, -0.1) is 11.3 Å². The molecule has 3 nitrogen and oxygen atoms in total. The molecule has 1 aromatic heterocycles. The number of thiazole rings is 1. The Bertz CT molecular complexity index is 571. The number of rotatable bonds is 2. The summed E-state index contributed by atoms with van der Waals surface area (Å²) in [6, 6.07) is 4.52. The maximum atomic E-state index is 5.40. The van der Waals surface area contributed by atoms with Gasteiger partial charge in [0.1, 0.15) is 0 Å². The van der Waals surface area contributed by atoms with Gasteiger partial charge in [-0.2, -0.15) is 0 Å². The van der Waals surface area contributed by atoms with Gasteiger partial charge in [0.25, 0.3) is 0 Å². The molecule has 0 aliphatic rings. The van der Waals surface area contributed by atoms with Gasteiger partial charge in [0.05, 0.1) is 5.69 Å². The Balaban J connectivity index is 2.53. The molecule has 0 unspecified atom stereocenters. The summed E-state index contributed by atoms with van der Waals surface area (Å²) in [7, 11) is 0. The number of aromatic nitrogens is 1. The molecule has 1 aromatic carbocycles. The van der Waals surface area contributed by atoms with E-state index in [1.807, 2.05) is 5.38 Å². The number of hydrazine groups is 1. The summed E-state index contributed by atoms with van der Waals surface area (Å²) in [6.07, 6.45) is 0. The number of anilines is 1. The van der Waals surface area contributed by atoms with Crippen molar-refractivity contribution in [2.45, 2.75) is 40.0 Å². The van der Waals surface area contributed by atoms with E-state index in [-0.39, 0.29) is 5.41 Å². The third-order valence-electron chi connectivity index (χ3n) is 3.28. The van der Waals surface area contributed by atoms with Gasteiger partial charge in [0.15, 0.2) is 5.13 Å². The minimum Gasteiger partial charge on any atom is -0.300 e. The monoisotopic (exact) mass is 275 g/mol. The van der Waals surface area contributed by atoms with Crippen molar-refractivity contribution < 1.29 is 0 Å². The SMILES string of the molecule is Cc1cc(C(C)(C)C)cc(C)c1-c1csc(NN)n1. The van der Waals surface area contributed by atoms with Crippen LogP contribution in [0.2, 0.25) is 0 Å². The zero-order valence-corrected chi connectivity index (χ0v) is 13.0. The van der Waals surface area contributed by atoms with Crippen LogP contribution in [0.4, 0.5) is 5.13 Å². The van der Waals surface area contributed by atoms with E-state index in [9.17, 15) is 0 Å². The average molecular weight is 275 g/mol. The van der Waals surface area contributed by atoms with Crippen molar-refractivity contribution in [3.05, 3.63) is 34.2 Å². The minimum atomic E-state index is 0.167. The second-order valence-corrected chi connectivity index (χ2v) is 6.78. The van der Waals surface area contributed by atoms with E-state index in [0.717, 1.165) is 10.8 Å². The lowest BCUT2D eigenvalue weighted by Gasteiger charge is -2.22. The van der Waals surface area contributed by atoms with Gasteiger partial charge in [0, 0.05) is 10.9 Å². The molecule has 0 spiro atoms. The molecular weight excluding hydrogens is 254 g/mol.